The molecular formula is C15H24N2O4. The number of aliphatic hydroxyl groups excluding tert-OH is 1. The summed E-state index contributed by atoms with van der Waals surface area (Å²) in [4.78, 5) is 25.6. The number of rotatable bonds is 9. The standard InChI is InChI=1S/C15H24N2O4/c1-3-12(4-2)17(9-10-18)14(19)7-8-16-15(20)13-6-5-11-21-13/h5-6,11-12,18H,3-4,7-10H2,1-2H3,(H,16,20). The van der Waals surface area contributed by atoms with Crippen LogP contribution in [0.1, 0.15) is 43.7 Å². The normalized spacial score (nSPS) is 10.7. The molecule has 0 atom stereocenters. The second-order valence-corrected chi connectivity index (χ2v) is 4.76. The monoisotopic (exact) mass is 296 g/mol. The van der Waals surface area contributed by atoms with Gasteiger partial charge in [-0.15, -0.1) is 0 Å². The lowest BCUT2D eigenvalue weighted by Crippen LogP contribution is -2.42. The van der Waals surface area contributed by atoms with Crippen LogP contribution in [-0.2, 0) is 4.79 Å². The first kappa shape index (κ1) is 17.2. The molecular weight excluding hydrogens is 272 g/mol. The molecule has 0 aliphatic carbocycles. The topological polar surface area (TPSA) is 82.8 Å². The van der Waals surface area contributed by atoms with Crippen LogP contribution in [0.25, 0.3) is 0 Å². The largest absolute Gasteiger partial charge is 0.459 e. The molecule has 0 aliphatic heterocycles. The molecule has 1 rings (SSSR count). The van der Waals surface area contributed by atoms with E-state index in [9.17, 15) is 9.59 Å². The Morgan fingerprint density at radius 2 is 2.10 bits per heavy atom. The number of hydrogen-bond acceptors (Lipinski definition) is 4. The number of furan rings is 1. The van der Waals surface area contributed by atoms with Crippen molar-refractivity contribution in [1.29, 1.82) is 0 Å². The van der Waals surface area contributed by atoms with Crippen LogP contribution in [-0.4, -0.2) is 47.6 Å². The predicted molar refractivity (Wildman–Crippen MR) is 78.8 cm³/mol. The second-order valence-electron chi connectivity index (χ2n) is 4.76. The minimum absolute atomic E-state index is 0.0546. The van der Waals surface area contributed by atoms with Gasteiger partial charge >= 0.3 is 0 Å². The Kier molecular flexibility index (Phi) is 7.53. The van der Waals surface area contributed by atoms with E-state index in [1.54, 1.807) is 17.0 Å². The van der Waals surface area contributed by atoms with E-state index in [-0.39, 0.29) is 43.2 Å². The van der Waals surface area contributed by atoms with Crippen LogP contribution in [0.4, 0.5) is 0 Å². The Balaban J connectivity index is 2.44. The summed E-state index contributed by atoms with van der Waals surface area (Å²) in [5.41, 5.74) is 0. The van der Waals surface area contributed by atoms with Gasteiger partial charge in [-0.25, -0.2) is 0 Å². The Morgan fingerprint density at radius 1 is 1.38 bits per heavy atom. The molecule has 1 heterocycles. The smallest absolute Gasteiger partial charge is 0.286 e. The molecule has 1 aromatic heterocycles. The maximum Gasteiger partial charge on any atom is 0.286 e. The third-order valence-corrected chi connectivity index (χ3v) is 3.41. The van der Waals surface area contributed by atoms with Crippen molar-refractivity contribution in [3.8, 4) is 0 Å². The van der Waals surface area contributed by atoms with E-state index in [4.69, 9.17) is 9.52 Å². The quantitative estimate of drug-likeness (QED) is 0.722. The fourth-order valence-corrected chi connectivity index (χ4v) is 2.27. The zero-order valence-electron chi connectivity index (χ0n) is 12.7. The lowest BCUT2D eigenvalue weighted by Gasteiger charge is -2.30. The molecule has 6 nitrogen and oxygen atoms in total. The first-order chi connectivity index (χ1) is 10.1. The summed E-state index contributed by atoms with van der Waals surface area (Å²) in [5, 5.41) is 11.7. The molecule has 21 heavy (non-hydrogen) atoms. The molecule has 0 aromatic carbocycles. The third-order valence-electron chi connectivity index (χ3n) is 3.41. The van der Waals surface area contributed by atoms with Crippen molar-refractivity contribution in [1.82, 2.24) is 10.2 Å². The summed E-state index contributed by atoms with van der Waals surface area (Å²) in [7, 11) is 0. The Labute approximate surface area is 125 Å². The van der Waals surface area contributed by atoms with Gasteiger partial charge in [0, 0.05) is 25.6 Å². The summed E-state index contributed by atoms with van der Waals surface area (Å²) in [5.74, 6) is -0.156. The number of hydrogen-bond donors (Lipinski definition) is 2. The Morgan fingerprint density at radius 3 is 2.62 bits per heavy atom. The van der Waals surface area contributed by atoms with Crippen molar-refractivity contribution in [2.45, 2.75) is 39.2 Å². The maximum atomic E-state index is 12.2. The minimum atomic E-state index is -0.330. The fourth-order valence-electron chi connectivity index (χ4n) is 2.27. The lowest BCUT2D eigenvalue weighted by molar-refractivity contribution is -0.134. The van der Waals surface area contributed by atoms with E-state index in [0.29, 0.717) is 6.54 Å². The third kappa shape index (κ3) is 5.23. The molecule has 0 saturated heterocycles. The molecule has 0 fully saturated rings. The molecule has 0 bridgehead atoms. The molecule has 0 saturated carbocycles. The van der Waals surface area contributed by atoms with Crippen molar-refractivity contribution in [3.05, 3.63) is 24.2 Å². The van der Waals surface area contributed by atoms with Crippen LogP contribution in [0.5, 0.6) is 0 Å². The molecule has 2 N–H and O–H groups in total. The van der Waals surface area contributed by atoms with Crippen LogP contribution >= 0.6 is 0 Å². The molecule has 118 valence electrons. The van der Waals surface area contributed by atoms with Gasteiger partial charge in [-0.05, 0) is 25.0 Å². The highest BCUT2D eigenvalue weighted by molar-refractivity contribution is 5.91. The second kappa shape index (κ2) is 9.18. The predicted octanol–water partition coefficient (Wildman–Crippen LogP) is 1.41. The Bertz CT molecular complexity index is 427. The number of carbonyl (C=O) groups excluding carboxylic acids is 2. The summed E-state index contributed by atoms with van der Waals surface area (Å²) in [6.07, 6.45) is 3.33. The van der Waals surface area contributed by atoms with E-state index in [1.807, 2.05) is 13.8 Å². The average Bonchev–Trinajstić information content (AvgIpc) is 3.01. The van der Waals surface area contributed by atoms with E-state index in [2.05, 4.69) is 5.32 Å². The molecule has 2 amide bonds. The highest BCUT2D eigenvalue weighted by atomic mass is 16.3. The van der Waals surface area contributed by atoms with Crippen molar-refractivity contribution < 1.29 is 19.1 Å². The first-order valence-corrected chi connectivity index (χ1v) is 7.36. The SMILES string of the molecule is CCC(CC)N(CCO)C(=O)CCNC(=O)c1ccco1. The molecule has 0 unspecified atom stereocenters. The summed E-state index contributed by atoms with van der Waals surface area (Å²) in [6.45, 7) is 4.56. The van der Waals surface area contributed by atoms with Crippen LogP contribution < -0.4 is 5.32 Å². The summed E-state index contributed by atoms with van der Waals surface area (Å²) in [6, 6.07) is 3.33. The van der Waals surface area contributed by atoms with Crippen molar-refractivity contribution in [3.63, 3.8) is 0 Å². The van der Waals surface area contributed by atoms with Crippen molar-refractivity contribution in [2.24, 2.45) is 0 Å². The van der Waals surface area contributed by atoms with Gasteiger partial charge in [0.15, 0.2) is 5.76 Å². The number of nitrogens with zero attached hydrogens (tertiary/aromatic N) is 1. The van der Waals surface area contributed by atoms with E-state index < -0.39 is 0 Å². The highest BCUT2D eigenvalue weighted by Crippen LogP contribution is 2.10. The van der Waals surface area contributed by atoms with Gasteiger partial charge < -0.3 is 19.7 Å². The minimum Gasteiger partial charge on any atom is -0.459 e. The number of nitrogens with one attached hydrogen (secondary N) is 1. The average molecular weight is 296 g/mol. The van der Waals surface area contributed by atoms with Gasteiger partial charge in [0.1, 0.15) is 0 Å². The van der Waals surface area contributed by atoms with Crippen molar-refractivity contribution in [2.75, 3.05) is 19.7 Å². The van der Waals surface area contributed by atoms with Crippen LogP contribution in [0.3, 0.4) is 0 Å². The van der Waals surface area contributed by atoms with Crippen molar-refractivity contribution >= 4 is 11.8 Å². The number of amides is 2. The van der Waals surface area contributed by atoms with Gasteiger partial charge in [-0.1, -0.05) is 13.8 Å². The zero-order chi connectivity index (χ0) is 15.7. The highest BCUT2D eigenvalue weighted by Gasteiger charge is 2.20. The molecule has 6 heteroatoms. The van der Waals surface area contributed by atoms with Gasteiger partial charge in [0.2, 0.25) is 5.91 Å². The molecule has 0 radical (unpaired) electrons. The van der Waals surface area contributed by atoms with Gasteiger partial charge in [0.25, 0.3) is 5.91 Å². The van der Waals surface area contributed by atoms with E-state index >= 15 is 0 Å². The number of aliphatic hydroxyl groups is 1. The zero-order valence-corrected chi connectivity index (χ0v) is 12.7. The van der Waals surface area contributed by atoms with Crippen LogP contribution in [0, 0.1) is 0 Å². The van der Waals surface area contributed by atoms with E-state index in [0.717, 1.165) is 12.8 Å². The maximum absolute atomic E-state index is 12.2. The van der Waals surface area contributed by atoms with E-state index in [1.165, 1.54) is 6.26 Å². The Hall–Kier alpha value is -1.82. The van der Waals surface area contributed by atoms with Crippen LogP contribution in [0.2, 0.25) is 0 Å². The van der Waals surface area contributed by atoms with Gasteiger partial charge in [0.05, 0.1) is 12.9 Å². The molecule has 0 aliphatic rings. The molecule has 0 spiro atoms. The fraction of sp³-hybridized carbons (Fsp3) is 0.600. The lowest BCUT2D eigenvalue weighted by atomic mass is 10.1. The summed E-state index contributed by atoms with van der Waals surface area (Å²) < 4.78 is 4.97. The van der Waals surface area contributed by atoms with Gasteiger partial charge in [-0.2, -0.15) is 0 Å². The first-order valence-electron chi connectivity index (χ1n) is 7.36. The summed E-state index contributed by atoms with van der Waals surface area (Å²) >= 11 is 0. The van der Waals surface area contributed by atoms with Crippen LogP contribution in [0.15, 0.2) is 22.8 Å². The number of carbonyl (C=O) groups is 2. The molecule has 1 aromatic rings. The van der Waals surface area contributed by atoms with Gasteiger partial charge in [-0.3, -0.25) is 9.59 Å².